The summed E-state index contributed by atoms with van der Waals surface area (Å²) in [7, 11) is 0. The molecule has 1 aromatic carbocycles. The fourth-order valence-corrected chi connectivity index (χ4v) is 5.32. The number of hydrogen-bond acceptors (Lipinski definition) is 9. The summed E-state index contributed by atoms with van der Waals surface area (Å²) in [4.78, 5) is 38.6. The SMILES string of the molecule is Cc1ncc(NC(=O)c2cccc(C(F)(F)F)c2)cc1-c1cnc(OCCOCCN2CCN(C(=O)O)CC2)c(N2CCOCC2)c1. The molecule has 4 heterocycles. The highest BCUT2D eigenvalue weighted by molar-refractivity contribution is 6.04. The van der Waals surface area contributed by atoms with Crippen molar-refractivity contribution in [3.8, 4) is 17.0 Å². The van der Waals surface area contributed by atoms with E-state index >= 15 is 0 Å². The van der Waals surface area contributed by atoms with Gasteiger partial charge in [-0.05, 0) is 37.3 Å². The largest absolute Gasteiger partial charge is 0.474 e. The lowest BCUT2D eigenvalue weighted by Crippen LogP contribution is -2.49. The van der Waals surface area contributed by atoms with Gasteiger partial charge in [0.2, 0.25) is 5.88 Å². The second-order valence-corrected chi connectivity index (χ2v) is 11.1. The maximum atomic E-state index is 13.2. The van der Waals surface area contributed by atoms with Gasteiger partial charge >= 0.3 is 12.3 Å². The number of aryl methyl sites for hydroxylation is 1. The molecule has 252 valence electrons. The van der Waals surface area contributed by atoms with Crippen LogP contribution in [0.25, 0.3) is 11.1 Å². The molecule has 2 aromatic heterocycles. The summed E-state index contributed by atoms with van der Waals surface area (Å²) < 4.78 is 56.8. The van der Waals surface area contributed by atoms with Crippen LogP contribution in [0.15, 0.2) is 48.8 Å². The van der Waals surface area contributed by atoms with E-state index in [1.54, 1.807) is 12.3 Å². The van der Waals surface area contributed by atoms with Crippen LogP contribution in [0.2, 0.25) is 0 Å². The number of nitrogens with zero attached hydrogens (tertiary/aromatic N) is 5. The summed E-state index contributed by atoms with van der Waals surface area (Å²) >= 11 is 0. The number of halogens is 3. The van der Waals surface area contributed by atoms with Crippen LogP contribution < -0.4 is 15.0 Å². The molecular formula is C32H37F3N6O6. The van der Waals surface area contributed by atoms with Crippen LogP contribution in [0.5, 0.6) is 5.88 Å². The summed E-state index contributed by atoms with van der Waals surface area (Å²) in [5.74, 6) is -0.254. The fraction of sp³-hybridized carbons (Fsp3) is 0.438. The van der Waals surface area contributed by atoms with Gasteiger partial charge in [0.1, 0.15) is 12.3 Å². The van der Waals surface area contributed by atoms with E-state index in [1.807, 2.05) is 13.0 Å². The molecule has 15 heteroatoms. The van der Waals surface area contributed by atoms with E-state index in [9.17, 15) is 22.8 Å². The van der Waals surface area contributed by atoms with Gasteiger partial charge in [-0.3, -0.25) is 14.7 Å². The van der Waals surface area contributed by atoms with Crippen molar-refractivity contribution in [3.63, 3.8) is 0 Å². The average Bonchev–Trinajstić information content (AvgIpc) is 3.07. The number of carbonyl (C=O) groups is 2. The number of aromatic nitrogens is 2. The zero-order valence-corrected chi connectivity index (χ0v) is 26.0. The summed E-state index contributed by atoms with van der Waals surface area (Å²) in [6, 6.07) is 7.89. The molecule has 2 aliphatic heterocycles. The van der Waals surface area contributed by atoms with Gasteiger partial charge in [-0.15, -0.1) is 0 Å². The van der Waals surface area contributed by atoms with Crippen LogP contribution in [0.1, 0.15) is 21.6 Å². The lowest BCUT2D eigenvalue weighted by molar-refractivity contribution is -0.137. The minimum absolute atomic E-state index is 0.123. The normalized spacial score (nSPS) is 15.8. The van der Waals surface area contributed by atoms with Crippen molar-refractivity contribution in [2.45, 2.75) is 13.1 Å². The highest BCUT2D eigenvalue weighted by Crippen LogP contribution is 2.34. The Morgan fingerprint density at radius 2 is 1.74 bits per heavy atom. The number of carbonyl (C=O) groups excluding carboxylic acids is 1. The minimum Gasteiger partial charge on any atom is -0.474 e. The zero-order valence-electron chi connectivity index (χ0n) is 26.0. The number of ether oxygens (including phenoxy) is 3. The van der Waals surface area contributed by atoms with E-state index in [-0.39, 0.29) is 12.2 Å². The fourth-order valence-electron chi connectivity index (χ4n) is 5.32. The van der Waals surface area contributed by atoms with Gasteiger partial charge in [0.05, 0.1) is 43.9 Å². The van der Waals surface area contributed by atoms with Crippen LogP contribution >= 0.6 is 0 Å². The van der Waals surface area contributed by atoms with Crippen molar-refractivity contribution in [1.82, 2.24) is 19.8 Å². The second kappa shape index (κ2) is 15.4. The lowest BCUT2D eigenvalue weighted by atomic mass is 10.0. The molecule has 2 N–H and O–H groups in total. The Kier molecular flexibility index (Phi) is 11.1. The number of piperazine rings is 1. The molecule has 2 aliphatic rings. The van der Waals surface area contributed by atoms with Gasteiger partial charge in [-0.2, -0.15) is 13.2 Å². The van der Waals surface area contributed by atoms with Crippen LogP contribution in [0.3, 0.4) is 0 Å². The summed E-state index contributed by atoms with van der Waals surface area (Å²) in [6.07, 6.45) is -2.35. The van der Waals surface area contributed by atoms with Crippen LogP contribution in [-0.4, -0.2) is 116 Å². The van der Waals surface area contributed by atoms with Crippen molar-refractivity contribution < 1.29 is 42.1 Å². The quantitative estimate of drug-likeness (QED) is 0.289. The standard InChI is InChI=1S/C32H37F3N6O6/c1-22-27(19-26(21-36-22)38-29(42)23-3-2-4-25(17-23)32(33,34)35)24-18-28(40-10-13-45-14-11-40)30(37-20-24)47-16-15-46-12-9-39-5-7-41(8-6-39)31(43)44/h2-4,17-21H,5-16H2,1H3,(H,38,42)(H,43,44). The van der Waals surface area contributed by atoms with E-state index in [0.717, 1.165) is 23.4 Å². The molecule has 12 nitrogen and oxygen atoms in total. The molecule has 0 radical (unpaired) electrons. The lowest BCUT2D eigenvalue weighted by Gasteiger charge is -2.32. The Morgan fingerprint density at radius 1 is 0.979 bits per heavy atom. The number of alkyl halides is 3. The molecule has 2 saturated heterocycles. The Bertz CT molecular complexity index is 1540. The molecule has 2 fully saturated rings. The first-order valence-electron chi connectivity index (χ1n) is 15.3. The number of carboxylic acid groups (broad SMARTS) is 1. The predicted molar refractivity (Wildman–Crippen MR) is 167 cm³/mol. The van der Waals surface area contributed by atoms with E-state index in [0.29, 0.717) is 95.1 Å². The molecule has 0 atom stereocenters. The third-order valence-corrected chi connectivity index (χ3v) is 7.95. The number of morpholine rings is 1. The number of nitrogens with one attached hydrogen (secondary N) is 1. The van der Waals surface area contributed by atoms with Crippen molar-refractivity contribution in [2.75, 3.05) is 89.1 Å². The molecule has 5 rings (SSSR count). The first-order valence-corrected chi connectivity index (χ1v) is 15.3. The number of hydrogen-bond donors (Lipinski definition) is 2. The maximum Gasteiger partial charge on any atom is 0.416 e. The minimum atomic E-state index is -4.56. The zero-order chi connectivity index (χ0) is 33.4. The molecule has 0 aliphatic carbocycles. The summed E-state index contributed by atoms with van der Waals surface area (Å²) in [5, 5.41) is 11.7. The van der Waals surface area contributed by atoms with E-state index in [1.165, 1.54) is 23.2 Å². The van der Waals surface area contributed by atoms with Gasteiger partial charge in [0.25, 0.3) is 5.91 Å². The van der Waals surface area contributed by atoms with Crippen molar-refractivity contribution in [1.29, 1.82) is 0 Å². The van der Waals surface area contributed by atoms with Crippen molar-refractivity contribution in [2.24, 2.45) is 0 Å². The van der Waals surface area contributed by atoms with Gasteiger partial charge in [0.15, 0.2) is 0 Å². The molecule has 0 spiro atoms. The number of benzene rings is 1. The van der Waals surface area contributed by atoms with E-state index in [4.69, 9.17) is 19.3 Å². The first kappa shape index (κ1) is 33.9. The van der Waals surface area contributed by atoms with Crippen LogP contribution in [0, 0.1) is 6.92 Å². The number of anilines is 2. The summed E-state index contributed by atoms with van der Waals surface area (Å²) in [5.41, 5.74) is 2.13. The smallest absolute Gasteiger partial charge is 0.416 e. The highest BCUT2D eigenvalue weighted by atomic mass is 19.4. The monoisotopic (exact) mass is 658 g/mol. The Labute approximate surface area is 270 Å². The summed E-state index contributed by atoms with van der Waals surface area (Å²) in [6.45, 7) is 8.31. The van der Waals surface area contributed by atoms with Gasteiger partial charge in [0, 0.05) is 74.4 Å². The molecule has 47 heavy (non-hydrogen) atoms. The number of pyridine rings is 2. The molecular weight excluding hydrogens is 621 g/mol. The predicted octanol–water partition coefficient (Wildman–Crippen LogP) is 4.25. The second-order valence-electron chi connectivity index (χ2n) is 11.1. The van der Waals surface area contributed by atoms with Gasteiger partial charge < -0.3 is 34.4 Å². The van der Waals surface area contributed by atoms with Crippen molar-refractivity contribution >= 4 is 23.4 Å². The van der Waals surface area contributed by atoms with Gasteiger partial charge in [-0.25, -0.2) is 9.78 Å². The molecule has 3 aromatic rings. The molecule has 0 bridgehead atoms. The number of rotatable bonds is 11. The van der Waals surface area contributed by atoms with Crippen molar-refractivity contribution in [3.05, 3.63) is 65.6 Å². The van der Waals surface area contributed by atoms with Gasteiger partial charge in [-0.1, -0.05) is 6.07 Å². The maximum absolute atomic E-state index is 13.2. The highest BCUT2D eigenvalue weighted by Gasteiger charge is 2.31. The molecule has 0 unspecified atom stereocenters. The third kappa shape index (κ3) is 9.08. The Balaban J connectivity index is 1.23. The topological polar surface area (TPSA) is 130 Å². The van der Waals surface area contributed by atoms with E-state index in [2.05, 4.69) is 25.1 Å². The first-order chi connectivity index (χ1) is 22.6. The van der Waals surface area contributed by atoms with Crippen LogP contribution in [0.4, 0.5) is 29.3 Å². The third-order valence-electron chi connectivity index (χ3n) is 7.95. The van der Waals surface area contributed by atoms with Crippen LogP contribution in [-0.2, 0) is 15.7 Å². The van der Waals surface area contributed by atoms with E-state index < -0.39 is 23.7 Å². The Morgan fingerprint density at radius 3 is 2.47 bits per heavy atom. The average molecular weight is 659 g/mol. The Hall–Kier alpha value is -4.47. The molecule has 2 amide bonds. The molecule has 0 saturated carbocycles. The number of amides is 2.